The highest BCUT2D eigenvalue weighted by atomic mass is 16.4. The van der Waals surface area contributed by atoms with Gasteiger partial charge in [-0.3, -0.25) is 9.69 Å². The van der Waals surface area contributed by atoms with E-state index in [2.05, 4.69) is 18.7 Å². The van der Waals surface area contributed by atoms with Gasteiger partial charge in [-0.1, -0.05) is 13.8 Å². The van der Waals surface area contributed by atoms with Crippen molar-refractivity contribution in [2.75, 3.05) is 13.1 Å². The quantitative estimate of drug-likeness (QED) is 0.733. The Labute approximate surface area is 85.1 Å². The number of hydrogen-bond acceptors (Lipinski definition) is 2. The minimum absolute atomic E-state index is 0.223. The Bertz CT molecular complexity index is 246. The molecule has 1 aliphatic heterocycles. The molecule has 0 aromatic rings. The van der Waals surface area contributed by atoms with Crippen LogP contribution in [0.15, 0.2) is 0 Å². The summed E-state index contributed by atoms with van der Waals surface area (Å²) in [4.78, 5) is 13.5. The van der Waals surface area contributed by atoms with E-state index in [0.717, 1.165) is 38.8 Å². The van der Waals surface area contributed by atoms with E-state index < -0.39 is 11.5 Å². The van der Waals surface area contributed by atoms with E-state index in [0.29, 0.717) is 0 Å². The third kappa shape index (κ3) is 1.34. The van der Waals surface area contributed by atoms with Crippen molar-refractivity contribution < 1.29 is 9.90 Å². The van der Waals surface area contributed by atoms with Crippen molar-refractivity contribution in [2.24, 2.45) is 5.41 Å². The van der Waals surface area contributed by atoms with Gasteiger partial charge in [0.1, 0.15) is 5.54 Å². The molecule has 0 atom stereocenters. The first kappa shape index (κ1) is 9.97. The molecule has 0 unspecified atom stereocenters. The zero-order valence-electron chi connectivity index (χ0n) is 9.05. The number of hydrogen-bond donors (Lipinski definition) is 1. The van der Waals surface area contributed by atoms with Gasteiger partial charge in [0.2, 0.25) is 0 Å². The van der Waals surface area contributed by atoms with Crippen LogP contribution in [0.4, 0.5) is 0 Å². The third-order valence-corrected chi connectivity index (χ3v) is 3.65. The van der Waals surface area contributed by atoms with E-state index in [1.165, 1.54) is 0 Å². The fourth-order valence-electron chi connectivity index (χ4n) is 3.19. The van der Waals surface area contributed by atoms with Crippen molar-refractivity contribution in [1.82, 2.24) is 4.90 Å². The predicted molar refractivity (Wildman–Crippen MR) is 54.2 cm³/mol. The maximum Gasteiger partial charge on any atom is 0.324 e. The summed E-state index contributed by atoms with van der Waals surface area (Å²) in [5, 5.41) is 9.33. The van der Waals surface area contributed by atoms with Gasteiger partial charge < -0.3 is 5.11 Å². The third-order valence-electron chi connectivity index (χ3n) is 3.65. The number of aliphatic carboxylic acids is 1. The fourth-order valence-corrected chi connectivity index (χ4v) is 3.19. The van der Waals surface area contributed by atoms with Gasteiger partial charge in [-0.05, 0) is 44.2 Å². The van der Waals surface area contributed by atoms with Crippen molar-refractivity contribution in [1.29, 1.82) is 0 Å². The topological polar surface area (TPSA) is 40.5 Å². The van der Waals surface area contributed by atoms with Crippen LogP contribution in [-0.2, 0) is 4.79 Å². The van der Waals surface area contributed by atoms with Gasteiger partial charge in [0.25, 0.3) is 0 Å². The Kier molecular flexibility index (Phi) is 2.11. The van der Waals surface area contributed by atoms with Crippen molar-refractivity contribution in [3.63, 3.8) is 0 Å². The second kappa shape index (κ2) is 2.96. The average Bonchev–Trinajstić information content (AvgIpc) is 2.50. The lowest BCUT2D eigenvalue weighted by atomic mass is 9.58. The number of carboxylic acids is 1. The molecule has 2 fully saturated rings. The highest BCUT2D eigenvalue weighted by Gasteiger charge is 2.58. The zero-order valence-corrected chi connectivity index (χ0v) is 9.05. The molecule has 2 aliphatic rings. The van der Waals surface area contributed by atoms with Gasteiger partial charge in [0.05, 0.1) is 0 Å². The molecule has 0 aromatic heterocycles. The molecular formula is C11H19NO2. The van der Waals surface area contributed by atoms with Crippen molar-refractivity contribution in [3.8, 4) is 0 Å². The first-order valence-electron chi connectivity index (χ1n) is 5.45. The Hall–Kier alpha value is -0.570. The number of likely N-dealkylation sites (tertiary alicyclic amines) is 1. The smallest absolute Gasteiger partial charge is 0.324 e. The molecule has 1 N–H and O–H groups in total. The second-order valence-electron chi connectivity index (χ2n) is 5.55. The number of carboxylic acid groups (broad SMARTS) is 1. The molecule has 0 spiro atoms. The molecule has 3 nitrogen and oxygen atoms in total. The molecule has 0 aromatic carbocycles. The predicted octanol–water partition coefficient (Wildman–Crippen LogP) is 1.73. The van der Waals surface area contributed by atoms with E-state index in [1.54, 1.807) is 0 Å². The summed E-state index contributed by atoms with van der Waals surface area (Å²) in [7, 11) is 0. The van der Waals surface area contributed by atoms with Gasteiger partial charge in [-0.25, -0.2) is 0 Å². The van der Waals surface area contributed by atoms with Crippen molar-refractivity contribution in [2.45, 2.75) is 45.1 Å². The van der Waals surface area contributed by atoms with Crippen LogP contribution in [0.5, 0.6) is 0 Å². The number of rotatable bonds is 2. The Morgan fingerprint density at radius 3 is 2.07 bits per heavy atom. The van der Waals surface area contributed by atoms with E-state index in [9.17, 15) is 9.90 Å². The van der Waals surface area contributed by atoms with Crippen LogP contribution in [0.3, 0.4) is 0 Å². The Balaban J connectivity index is 2.13. The summed E-state index contributed by atoms with van der Waals surface area (Å²) < 4.78 is 0. The van der Waals surface area contributed by atoms with Crippen LogP contribution in [0.2, 0.25) is 0 Å². The fraction of sp³-hybridized carbons (Fsp3) is 0.909. The standard InChI is InChI=1S/C11H19NO2/c1-10(2)7-11(8-10,9(13)14)12-5-3-4-6-12/h3-8H2,1-2H3,(H,13,14). The highest BCUT2D eigenvalue weighted by molar-refractivity contribution is 5.80. The lowest BCUT2D eigenvalue weighted by Gasteiger charge is -2.54. The monoisotopic (exact) mass is 197 g/mol. The van der Waals surface area contributed by atoms with Gasteiger partial charge in [0.15, 0.2) is 0 Å². The zero-order chi connectivity index (χ0) is 10.4. The molecule has 2 rings (SSSR count). The molecule has 1 aliphatic carbocycles. The SMILES string of the molecule is CC1(C)CC(C(=O)O)(N2CCCC2)C1. The largest absolute Gasteiger partial charge is 0.480 e. The summed E-state index contributed by atoms with van der Waals surface area (Å²) in [6, 6.07) is 0. The number of nitrogens with zero attached hydrogens (tertiary/aromatic N) is 1. The first-order valence-corrected chi connectivity index (χ1v) is 5.45. The van der Waals surface area contributed by atoms with Crippen molar-refractivity contribution >= 4 is 5.97 Å². The molecule has 1 saturated carbocycles. The van der Waals surface area contributed by atoms with Gasteiger partial charge in [-0.2, -0.15) is 0 Å². The summed E-state index contributed by atoms with van der Waals surface area (Å²) in [6.07, 6.45) is 3.95. The molecule has 0 radical (unpaired) electrons. The molecule has 3 heteroatoms. The van der Waals surface area contributed by atoms with E-state index >= 15 is 0 Å². The lowest BCUT2D eigenvalue weighted by Crippen LogP contribution is -2.64. The van der Waals surface area contributed by atoms with Crippen molar-refractivity contribution in [3.05, 3.63) is 0 Å². The van der Waals surface area contributed by atoms with Crippen LogP contribution < -0.4 is 0 Å². The van der Waals surface area contributed by atoms with E-state index in [-0.39, 0.29) is 5.41 Å². The van der Waals surface area contributed by atoms with Crippen LogP contribution in [0, 0.1) is 5.41 Å². The molecular weight excluding hydrogens is 178 g/mol. The van der Waals surface area contributed by atoms with E-state index in [1.807, 2.05) is 0 Å². The summed E-state index contributed by atoms with van der Waals surface area (Å²) in [5.41, 5.74) is -0.291. The lowest BCUT2D eigenvalue weighted by molar-refractivity contribution is -0.167. The summed E-state index contributed by atoms with van der Waals surface area (Å²) >= 11 is 0. The molecule has 0 amide bonds. The molecule has 1 saturated heterocycles. The first-order chi connectivity index (χ1) is 6.46. The maximum absolute atomic E-state index is 11.3. The maximum atomic E-state index is 11.3. The minimum Gasteiger partial charge on any atom is -0.480 e. The average molecular weight is 197 g/mol. The van der Waals surface area contributed by atoms with Gasteiger partial charge in [-0.15, -0.1) is 0 Å². The highest BCUT2D eigenvalue weighted by Crippen LogP contribution is 2.52. The van der Waals surface area contributed by atoms with Gasteiger partial charge in [0, 0.05) is 0 Å². The Morgan fingerprint density at radius 2 is 1.71 bits per heavy atom. The van der Waals surface area contributed by atoms with Crippen LogP contribution in [0.25, 0.3) is 0 Å². The van der Waals surface area contributed by atoms with Gasteiger partial charge >= 0.3 is 5.97 Å². The van der Waals surface area contributed by atoms with Crippen LogP contribution >= 0.6 is 0 Å². The summed E-state index contributed by atoms with van der Waals surface area (Å²) in [5.74, 6) is -0.612. The molecule has 1 heterocycles. The number of carbonyl (C=O) groups is 1. The Morgan fingerprint density at radius 1 is 1.21 bits per heavy atom. The molecule has 0 bridgehead atoms. The van der Waals surface area contributed by atoms with Crippen LogP contribution in [0.1, 0.15) is 39.5 Å². The normalized spacial score (nSPS) is 29.9. The van der Waals surface area contributed by atoms with E-state index in [4.69, 9.17) is 0 Å². The minimum atomic E-state index is -0.612. The summed E-state index contributed by atoms with van der Waals surface area (Å²) in [6.45, 7) is 6.26. The molecule has 14 heavy (non-hydrogen) atoms. The molecule has 80 valence electrons. The second-order valence-corrected chi connectivity index (χ2v) is 5.55. The van der Waals surface area contributed by atoms with Crippen LogP contribution in [-0.4, -0.2) is 34.6 Å².